The maximum absolute atomic E-state index is 14.8. The Morgan fingerprint density at radius 2 is 1.85 bits per heavy atom. The quantitative estimate of drug-likeness (QED) is 0.202. The molecule has 2 bridgehead atoms. The summed E-state index contributed by atoms with van der Waals surface area (Å²) in [6.07, 6.45) is 6.60. The van der Waals surface area contributed by atoms with Crippen LogP contribution in [0.1, 0.15) is 87.5 Å². The molecular weight excluding hydrogens is 508 g/mol. The fourth-order valence-electron chi connectivity index (χ4n) is 7.77. The smallest absolute Gasteiger partial charge is 0.312 e. The van der Waals surface area contributed by atoms with E-state index < -0.39 is 46.6 Å². The zero-order valence-corrected chi connectivity index (χ0v) is 26.0. The number of rotatable bonds is 13. The largest absolute Gasteiger partial charge is 0.465 e. The predicted octanol–water partition coefficient (Wildman–Crippen LogP) is 4.51. The van der Waals surface area contributed by atoms with Gasteiger partial charge in [-0.15, -0.1) is 13.2 Å². The molecule has 40 heavy (non-hydrogen) atoms. The van der Waals surface area contributed by atoms with Crippen LogP contribution in [0.2, 0.25) is 0 Å². The maximum atomic E-state index is 14.8. The molecule has 3 heterocycles. The molecule has 226 valence electrons. The number of fused-ring (bicyclic) bond motifs is 1. The van der Waals surface area contributed by atoms with E-state index in [9.17, 15) is 19.5 Å². The molecule has 3 fully saturated rings. The average Bonchev–Trinajstić information content (AvgIpc) is 3.39. The molecule has 8 nitrogen and oxygen atoms in total. The van der Waals surface area contributed by atoms with Crippen LogP contribution in [0.3, 0.4) is 0 Å². The highest BCUT2D eigenvalue weighted by atomic mass is 16.6. The van der Waals surface area contributed by atoms with Gasteiger partial charge in [0.1, 0.15) is 17.6 Å². The second-order valence-corrected chi connectivity index (χ2v) is 14.4. The summed E-state index contributed by atoms with van der Waals surface area (Å²) in [7, 11) is 0. The fourth-order valence-corrected chi connectivity index (χ4v) is 7.77. The number of hydrogen-bond donors (Lipinski definition) is 1. The highest BCUT2D eigenvalue weighted by Crippen LogP contribution is 2.64. The van der Waals surface area contributed by atoms with Gasteiger partial charge in [-0.1, -0.05) is 46.8 Å². The lowest BCUT2D eigenvalue weighted by molar-refractivity contribution is -0.164. The van der Waals surface area contributed by atoms with E-state index in [-0.39, 0.29) is 36.4 Å². The van der Waals surface area contributed by atoms with Crippen molar-refractivity contribution >= 4 is 17.8 Å². The number of aliphatic hydroxyl groups is 1. The van der Waals surface area contributed by atoms with Crippen LogP contribution in [-0.4, -0.2) is 81.3 Å². The van der Waals surface area contributed by atoms with Crippen molar-refractivity contribution in [3.05, 3.63) is 25.3 Å². The first kappa shape index (κ1) is 32.3. The molecule has 0 aliphatic carbocycles. The van der Waals surface area contributed by atoms with Crippen LogP contribution < -0.4 is 0 Å². The highest BCUT2D eigenvalue weighted by Gasteiger charge is 2.79. The molecule has 1 spiro atoms. The van der Waals surface area contributed by atoms with E-state index in [0.717, 1.165) is 12.8 Å². The third-order valence-corrected chi connectivity index (χ3v) is 9.08. The van der Waals surface area contributed by atoms with Crippen molar-refractivity contribution < 1.29 is 29.0 Å². The van der Waals surface area contributed by atoms with E-state index in [1.807, 2.05) is 39.5 Å². The second kappa shape index (κ2) is 11.6. The number of allylic oxidation sites excluding steroid dienone is 1. The molecule has 8 heteroatoms. The molecule has 2 amide bonds. The van der Waals surface area contributed by atoms with Gasteiger partial charge in [-0.2, -0.15) is 0 Å². The summed E-state index contributed by atoms with van der Waals surface area (Å²) in [4.78, 5) is 46.1. The number of likely N-dealkylation sites (tertiary alicyclic amines) is 1. The van der Waals surface area contributed by atoms with Gasteiger partial charge in [0.25, 0.3) is 0 Å². The molecule has 2 unspecified atom stereocenters. The molecule has 0 aromatic carbocycles. The maximum Gasteiger partial charge on any atom is 0.312 e. The monoisotopic (exact) mass is 560 g/mol. The first-order chi connectivity index (χ1) is 18.5. The first-order valence-corrected chi connectivity index (χ1v) is 14.8. The van der Waals surface area contributed by atoms with Crippen LogP contribution in [-0.2, 0) is 23.9 Å². The number of ether oxygens (including phenoxy) is 2. The number of unbranched alkanes of at least 4 members (excludes halogenated alkanes) is 1. The normalized spacial score (nSPS) is 30.4. The molecule has 3 aliphatic heterocycles. The summed E-state index contributed by atoms with van der Waals surface area (Å²) in [5.41, 5.74) is -2.69. The first-order valence-electron chi connectivity index (χ1n) is 14.8. The molecule has 0 saturated carbocycles. The minimum atomic E-state index is -1.17. The Kier molecular flexibility index (Phi) is 9.37. The number of esters is 1. The van der Waals surface area contributed by atoms with Crippen molar-refractivity contribution in [1.82, 2.24) is 9.80 Å². The van der Waals surface area contributed by atoms with E-state index in [0.29, 0.717) is 25.8 Å². The minimum Gasteiger partial charge on any atom is -0.465 e. The third kappa shape index (κ3) is 5.63. The van der Waals surface area contributed by atoms with Crippen molar-refractivity contribution in [3.63, 3.8) is 0 Å². The van der Waals surface area contributed by atoms with E-state index >= 15 is 0 Å². The molecule has 0 aromatic rings. The lowest BCUT2D eigenvalue weighted by Gasteiger charge is -2.47. The Hall–Kier alpha value is -2.19. The van der Waals surface area contributed by atoms with Crippen LogP contribution >= 0.6 is 0 Å². The number of nitrogens with zero attached hydrogens (tertiary/aromatic N) is 2. The van der Waals surface area contributed by atoms with E-state index in [1.54, 1.807) is 17.1 Å². The standard InChI is InChI=1S/C32H52N2O6/c1-11-13-14-18-39-28(38)24-23-26(36)34(22(19-35)21(3)4)25(32(23)16-15-31(24,10)40-32)27(37)33(17-12-2)30(8,9)20-29(5,6)7/h11-12,21-25,35H,1-2,13-20H2,3-10H3/t22-,23-,24-,25?,31+,32?/m0/s1. The van der Waals surface area contributed by atoms with Gasteiger partial charge < -0.3 is 24.4 Å². The Morgan fingerprint density at radius 1 is 1.20 bits per heavy atom. The van der Waals surface area contributed by atoms with Crippen LogP contribution in [0.5, 0.6) is 0 Å². The van der Waals surface area contributed by atoms with Crippen molar-refractivity contribution in [2.45, 2.75) is 116 Å². The van der Waals surface area contributed by atoms with Gasteiger partial charge in [-0.25, -0.2) is 0 Å². The van der Waals surface area contributed by atoms with Crippen LogP contribution in [0.15, 0.2) is 25.3 Å². The Morgan fingerprint density at radius 3 is 2.38 bits per heavy atom. The van der Waals surface area contributed by atoms with Crippen LogP contribution in [0, 0.1) is 23.2 Å². The molecular formula is C32H52N2O6. The number of hydrogen-bond acceptors (Lipinski definition) is 6. The average molecular weight is 561 g/mol. The number of amides is 2. The molecule has 3 rings (SSSR count). The van der Waals surface area contributed by atoms with Gasteiger partial charge in [0.15, 0.2) is 0 Å². The molecule has 0 radical (unpaired) electrons. The molecule has 0 aromatic heterocycles. The number of carbonyl (C=O) groups excluding carboxylic acids is 3. The zero-order chi connectivity index (χ0) is 30.3. The zero-order valence-electron chi connectivity index (χ0n) is 26.0. The second-order valence-electron chi connectivity index (χ2n) is 14.4. The fraction of sp³-hybridized carbons (Fsp3) is 0.781. The summed E-state index contributed by atoms with van der Waals surface area (Å²) in [5, 5.41) is 10.5. The summed E-state index contributed by atoms with van der Waals surface area (Å²) >= 11 is 0. The van der Waals surface area contributed by atoms with Crippen molar-refractivity contribution in [2.24, 2.45) is 23.2 Å². The Labute approximate surface area is 241 Å². The van der Waals surface area contributed by atoms with Crippen LogP contribution in [0.4, 0.5) is 0 Å². The van der Waals surface area contributed by atoms with Gasteiger partial charge in [-0.3, -0.25) is 14.4 Å². The van der Waals surface area contributed by atoms with Gasteiger partial charge >= 0.3 is 5.97 Å². The van der Waals surface area contributed by atoms with Crippen molar-refractivity contribution in [3.8, 4) is 0 Å². The summed E-state index contributed by atoms with van der Waals surface area (Å²) in [5.74, 6) is -2.79. The molecule has 3 aliphatic rings. The van der Waals surface area contributed by atoms with E-state index in [1.165, 1.54) is 0 Å². The van der Waals surface area contributed by atoms with Crippen LogP contribution in [0.25, 0.3) is 0 Å². The number of aliphatic hydroxyl groups excluding tert-OH is 1. The van der Waals surface area contributed by atoms with Gasteiger partial charge in [0.2, 0.25) is 11.8 Å². The predicted molar refractivity (Wildman–Crippen MR) is 155 cm³/mol. The van der Waals surface area contributed by atoms with E-state index in [2.05, 4.69) is 33.9 Å². The SMILES string of the molecule is C=CCCCOC(=O)[C@@H]1[C@H]2C(=O)N([C@@H](CO)C(C)C)C(C(=O)N(CC=C)C(C)(C)CC(C)(C)C)C23CC[C@@]1(C)O3. The van der Waals surface area contributed by atoms with Gasteiger partial charge in [0, 0.05) is 12.1 Å². The highest BCUT2D eigenvalue weighted by molar-refractivity contribution is 5.99. The summed E-state index contributed by atoms with van der Waals surface area (Å²) < 4.78 is 12.4. The lowest BCUT2D eigenvalue weighted by Crippen LogP contribution is -2.63. The topological polar surface area (TPSA) is 96.4 Å². The molecule has 1 N–H and O–H groups in total. The van der Waals surface area contributed by atoms with E-state index in [4.69, 9.17) is 9.47 Å². The third-order valence-electron chi connectivity index (χ3n) is 9.08. The van der Waals surface area contributed by atoms with Crippen molar-refractivity contribution in [2.75, 3.05) is 19.8 Å². The summed E-state index contributed by atoms with van der Waals surface area (Å²) in [6, 6.07) is -1.57. The summed E-state index contributed by atoms with van der Waals surface area (Å²) in [6.45, 7) is 24.1. The minimum absolute atomic E-state index is 0.0585. The lowest BCUT2D eigenvalue weighted by atomic mass is 9.66. The van der Waals surface area contributed by atoms with Gasteiger partial charge in [-0.05, 0) is 64.2 Å². The Balaban J connectivity index is 2.12. The molecule has 3 saturated heterocycles. The molecule has 6 atom stereocenters. The number of carbonyl (C=O) groups is 3. The van der Waals surface area contributed by atoms with Gasteiger partial charge in [0.05, 0.1) is 30.8 Å². The Bertz CT molecular complexity index is 1000. The van der Waals surface area contributed by atoms with Crippen molar-refractivity contribution in [1.29, 1.82) is 0 Å².